The summed E-state index contributed by atoms with van der Waals surface area (Å²) in [6.07, 6.45) is 5.85. The van der Waals surface area contributed by atoms with E-state index in [4.69, 9.17) is 15.2 Å². The molecule has 3 aromatic rings. The average molecular weight is 578 g/mol. The van der Waals surface area contributed by atoms with Crippen molar-refractivity contribution in [2.45, 2.75) is 57.6 Å². The van der Waals surface area contributed by atoms with E-state index in [2.05, 4.69) is 15.6 Å². The average Bonchev–Trinajstić information content (AvgIpc) is 3.49. The molecule has 11 nitrogen and oxygen atoms in total. The van der Waals surface area contributed by atoms with Gasteiger partial charge in [-0.05, 0) is 68.9 Å². The van der Waals surface area contributed by atoms with Crippen molar-refractivity contribution in [1.82, 2.24) is 10.3 Å². The van der Waals surface area contributed by atoms with Crippen LogP contribution in [0.15, 0.2) is 60.8 Å². The van der Waals surface area contributed by atoms with Crippen molar-refractivity contribution in [3.8, 4) is 17.4 Å². The molecule has 11 heteroatoms. The largest absolute Gasteiger partial charge is 0.488 e. The minimum atomic E-state index is -0.824. The topological polar surface area (TPSA) is 162 Å². The predicted octanol–water partition coefficient (Wildman–Crippen LogP) is 4.83. The summed E-state index contributed by atoms with van der Waals surface area (Å²) in [4.78, 5) is 26.5. The fourth-order valence-electron chi connectivity index (χ4n) is 5.02. The number of primary amides is 1. The number of pyridine rings is 1. The second kappa shape index (κ2) is 14.1. The number of rotatable bonds is 15. The minimum Gasteiger partial charge on any atom is -0.488 e. The number of carbonyl (C=O) groups is 1. The molecule has 0 radical (unpaired) electrons. The molecule has 0 saturated heterocycles. The van der Waals surface area contributed by atoms with Crippen LogP contribution in [-0.2, 0) is 6.42 Å². The quantitative estimate of drug-likeness (QED) is 0.146. The van der Waals surface area contributed by atoms with E-state index < -0.39 is 16.9 Å². The first kappa shape index (κ1) is 30.7. The van der Waals surface area contributed by atoms with Gasteiger partial charge < -0.3 is 30.9 Å². The molecule has 0 bridgehead atoms. The lowest BCUT2D eigenvalue weighted by Gasteiger charge is -2.28. The Kier molecular flexibility index (Phi) is 10.3. The molecular formula is C31H39N5O6. The van der Waals surface area contributed by atoms with Crippen LogP contribution < -0.4 is 25.8 Å². The molecule has 1 heterocycles. The van der Waals surface area contributed by atoms with Gasteiger partial charge >= 0.3 is 0 Å². The first-order valence-corrected chi connectivity index (χ1v) is 14.2. The van der Waals surface area contributed by atoms with Gasteiger partial charge in [0.15, 0.2) is 5.69 Å². The summed E-state index contributed by atoms with van der Waals surface area (Å²) in [6, 6.07) is 15.5. The third-order valence-corrected chi connectivity index (χ3v) is 7.30. The van der Waals surface area contributed by atoms with Crippen LogP contribution in [0.1, 0.15) is 55.5 Å². The zero-order chi connectivity index (χ0) is 30.1. The molecule has 0 spiro atoms. The second-order valence-electron chi connectivity index (χ2n) is 11.3. The fraction of sp³-hybridized carbons (Fsp3) is 0.419. The summed E-state index contributed by atoms with van der Waals surface area (Å²) in [5.41, 5.74) is 6.61. The molecule has 1 saturated carbocycles. The molecular weight excluding hydrogens is 538 g/mol. The van der Waals surface area contributed by atoms with Gasteiger partial charge in [-0.1, -0.05) is 31.0 Å². The van der Waals surface area contributed by atoms with Crippen molar-refractivity contribution in [3.63, 3.8) is 0 Å². The molecule has 2 aromatic carbocycles. The van der Waals surface area contributed by atoms with E-state index in [0.717, 1.165) is 18.4 Å². The molecule has 5 N–H and O–H groups in total. The molecule has 1 atom stereocenters. The summed E-state index contributed by atoms with van der Waals surface area (Å²) in [5, 5.41) is 28.9. The first-order chi connectivity index (χ1) is 20.1. The minimum absolute atomic E-state index is 0.0111. The lowest BCUT2D eigenvalue weighted by Crippen LogP contribution is -2.46. The van der Waals surface area contributed by atoms with Crippen molar-refractivity contribution < 1.29 is 24.3 Å². The number of nitro benzene ring substituents is 1. The van der Waals surface area contributed by atoms with Crippen molar-refractivity contribution in [2.75, 3.05) is 25.0 Å². The molecule has 0 unspecified atom stereocenters. The number of hydrogen-bond donors (Lipinski definition) is 4. The lowest BCUT2D eigenvalue weighted by atomic mass is 9.94. The van der Waals surface area contributed by atoms with Crippen molar-refractivity contribution in [2.24, 2.45) is 11.7 Å². The number of anilines is 1. The molecule has 1 amide bonds. The van der Waals surface area contributed by atoms with Gasteiger partial charge in [0.2, 0.25) is 11.8 Å². The number of nitrogens with one attached hydrogen (secondary N) is 2. The fourth-order valence-corrected chi connectivity index (χ4v) is 5.02. The summed E-state index contributed by atoms with van der Waals surface area (Å²) < 4.78 is 11.6. The van der Waals surface area contributed by atoms with Crippen molar-refractivity contribution >= 4 is 17.3 Å². The van der Waals surface area contributed by atoms with Gasteiger partial charge in [0.1, 0.15) is 24.2 Å². The van der Waals surface area contributed by atoms with Crippen LogP contribution in [0.25, 0.3) is 0 Å². The van der Waals surface area contributed by atoms with Gasteiger partial charge in [-0.25, -0.2) is 4.98 Å². The normalized spacial score (nSPS) is 14.4. The van der Waals surface area contributed by atoms with Crippen LogP contribution in [0.5, 0.6) is 17.4 Å². The van der Waals surface area contributed by atoms with Gasteiger partial charge in [0.05, 0.1) is 10.5 Å². The van der Waals surface area contributed by atoms with E-state index in [1.54, 1.807) is 24.3 Å². The number of carbonyl (C=O) groups excluding carboxylic acids is 1. The monoisotopic (exact) mass is 577 g/mol. The number of ether oxygens (including phenoxy) is 2. The molecule has 0 aliphatic heterocycles. The van der Waals surface area contributed by atoms with E-state index in [0.29, 0.717) is 47.5 Å². The first-order valence-electron chi connectivity index (χ1n) is 14.2. The molecule has 224 valence electrons. The number of amides is 1. The Bertz CT molecular complexity index is 1340. The SMILES string of the molecule is CC(C)(Cc1ccc(Oc2ccc(C(N)=O)cn2)cc1)NC[C@H](O)COc1cccc([N+](=O)[O-])c1NCC1CCCC1. The highest BCUT2D eigenvalue weighted by Crippen LogP contribution is 2.35. The molecule has 1 fully saturated rings. The summed E-state index contributed by atoms with van der Waals surface area (Å²) in [7, 11) is 0. The Morgan fingerprint density at radius 2 is 1.90 bits per heavy atom. The Hall–Kier alpha value is -4.22. The summed E-state index contributed by atoms with van der Waals surface area (Å²) in [5.74, 6) is 1.27. The smallest absolute Gasteiger partial charge is 0.296 e. The number of β-amino-alcohol motifs (C(OH)–C–C–N with tert-alkyl or cyclic N) is 1. The van der Waals surface area contributed by atoms with E-state index in [9.17, 15) is 20.0 Å². The number of nitrogens with two attached hydrogens (primary N) is 1. The Morgan fingerprint density at radius 1 is 1.17 bits per heavy atom. The highest BCUT2D eigenvalue weighted by molar-refractivity contribution is 5.92. The number of para-hydroxylation sites is 1. The van der Waals surface area contributed by atoms with Crippen LogP contribution in [-0.4, -0.2) is 52.3 Å². The van der Waals surface area contributed by atoms with Crippen LogP contribution in [0.2, 0.25) is 0 Å². The van der Waals surface area contributed by atoms with Crippen LogP contribution in [0.4, 0.5) is 11.4 Å². The third-order valence-electron chi connectivity index (χ3n) is 7.30. The maximum absolute atomic E-state index is 11.6. The van der Waals surface area contributed by atoms with E-state index in [1.807, 2.05) is 38.1 Å². The number of aromatic nitrogens is 1. The summed E-state index contributed by atoms with van der Waals surface area (Å²) >= 11 is 0. The Labute approximate surface area is 245 Å². The zero-order valence-corrected chi connectivity index (χ0v) is 24.0. The maximum atomic E-state index is 11.6. The van der Waals surface area contributed by atoms with Crippen LogP contribution in [0, 0.1) is 16.0 Å². The number of nitro groups is 1. The Balaban J connectivity index is 1.26. The van der Waals surface area contributed by atoms with Crippen LogP contribution in [0.3, 0.4) is 0 Å². The van der Waals surface area contributed by atoms with E-state index in [1.165, 1.54) is 25.1 Å². The Morgan fingerprint density at radius 3 is 2.55 bits per heavy atom. The summed E-state index contributed by atoms with van der Waals surface area (Å²) in [6.45, 7) is 5.01. The number of hydrogen-bond acceptors (Lipinski definition) is 9. The molecule has 42 heavy (non-hydrogen) atoms. The number of aliphatic hydroxyl groups is 1. The highest BCUT2D eigenvalue weighted by atomic mass is 16.6. The number of aliphatic hydroxyl groups excluding tert-OH is 1. The molecule has 1 aliphatic rings. The molecule has 1 aromatic heterocycles. The zero-order valence-electron chi connectivity index (χ0n) is 24.0. The number of nitrogens with zero attached hydrogens (tertiary/aromatic N) is 2. The van der Waals surface area contributed by atoms with E-state index >= 15 is 0 Å². The standard InChI is InChI=1S/C31H39N5O6/c1-31(2,16-21-10-13-25(14-11-21)42-28-15-12-23(18-33-28)30(32)38)35-19-24(37)20-41-27-9-5-8-26(36(39)40)29(27)34-17-22-6-3-4-7-22/h5,8-15,18,22,24,34-35,37H,3-4,6-7,16-17,19-20H2,1-2H3,(H2,32,38)/t24-/m0/s1. The predicted molar refractivity (Wildman–Crippen MR) is 160 cm³/mol. The molecule has 4 rings (SSSR count). The maximum Gasteiger partial charge on any atom is 0.296 e. The number of benzene rings is 2. The van der Waals surface area contributed by atoms with Gasteiger partial charge in [0, 0.05) is 37.0 Å². The van der Waals surface area contributed by atoms with Gasteiger partial charge in [-0.2, -0.15) is 0 Å². The third kappa shape index (κ3) is 8.89. The van der Waals surface area contributed by atoms with Gasteiger partial charge in [-0.15, -0.1) is 0 Å². The van der Waals surface area contributed by atoms with Crippen LogP contribution >= 0.6 is 0 Å². The highest BCUT2D eigenvalue weighted by Gasteiger charge is 2.23. The molecule has 1 aliphatic carbocycles. The van der Waals surface area contributed by atoms with E-state index in [-0.39, 0.29) is 24.4 Å². The van der Waals surface area contributed by atoms with Crippen molar-refractivity contribution in [3.05, 3.63) is 82.0 Å². The van der Waals surface area contributed by atoms with Gasteiger partial charge in [-0.3, -0.25) is 14.9 Å². The van der Waals surface area contributed by atoms with Gasteiger partial charge in [0.25, 0.3) is 5.69 Å². The lowest BCUT2D eigenvalue weighted by molar-refractivity contribution is -0.384. The van der Waals surface area contributed by atoms with Crippen molar-refractivity contribution in [1.29, 1.82) is 0 Å². The second-order valence-corrected chi connectivity index (χ2v) is 11.3.